The minimum absolute atomic E-state index is 0.0526. The highest BCUT2D eigenvalue weighted by atomic mass is 16.2. The topological polar surface area (TPSA) is 36.4 Å². The molecule has 24 heavy (non-hydrogen) atoms. The van der Waals surface area contributed by atoms with Gasteiger partial charge < -0.3 is 9.80 Å². The van der Waals surface area contributed by atoms with E-state index in [2.05, 4.69) is 48.0 Å². The van der Waals surface area contributed by atoms with Gasteiger partial charge in [-0.25, -0.2) is 0 Å². The van der Waals surface area contributed by atoms with E-state index in [0.717, 1.165) is 43.9 Å². The van der Waals surface area contributed by atoms with Crippen molar-refractivity contribution in [2.45, 2.75) is 33.1 Å². The van der Waals surface area contributed by atoms with Crippen LogP contribution in [0.15, 0.2) is 42.6 Å². The molecule has 4 nitrogen and oxygen atoms in total. The average molecular weight is 323 g/mol. The number of amides is 1. The minimum Gasteiger partial charge on any atom is -0.342 e. The Morgan fingerprint density at radius 2 is 1.88 bits per heavy atom. The zero-order chi connectivity index (χ0) is 16.9. The van der Waals surface area contributed by atoms with Gasteiger partial charge in [-0.3, -0.25) is 9.78 Å². The summed E-state index contributed by atoms with van der Waals surface area (Å²) in [4.78, 5) is 21.2. The second kappa shape index (κ2) is 7.47. The fourth-order valence-electron chi connectivity index (χ4n) is 3.27. The maximum atomic E-state index is 12.7. The predicted molar refractivity (Wildman–Crippen MR) is 97.9 cm³/mol. The number of aromatic nitrogens is 1. The van der Waals surface area contributed by atoms with Crippen LogP contribution in [0.4, 0.5) is 11.4 Å². The molecule has 0 spiro atoms. The van der Waals surface area contributed by atoms with Crippen LogP contribution in [0.2, 0.25) is 0 Å². The Balaban J connectivity index is 1.87. The molecular formula is C20H25N3O. The predicted octanol–water partition coefficient (Wildman–Crippen LogP) is 4.17. The zero-order valence-corrected chi connectivity index (χ0v) is 14.5. The van der Waals surface area contributed by atoms with Crippen molar-refractivity contribution >= 4 is 17.3 Å². The van der Waals surface area contributed by atoms with E-state index in [1.807, 2.05) is 17.0 Å². The van der Waals surface area contributed by atoms with Crippen LogP contribution in [0.1, 0.15) is 42.2 Å². The van der Waals surface area contributed by atoms with E-state index in [1.165, 1.54) is 12.0 Å². The summed E-state index contributed by atoms with van der Waals surface area (Å²) in [5.74, 6) is 0.0526. The Labute approximate surface area is 144 Å². The maximum Gasteiger partial charge on any atom is 0.272 e. The van der Waals surface area contributed by atoms with E-state index in [-0.39, 0.29) is 5.91 Å². The lowest BCUT2D eigenvalue weighted by Gasteiger charge is -2.27. The van der Waals surface area contributed by atoms with Gasteiger partial charge >= 0.3 is 0 Å². The van der Waals surface area contributed by atoms with Crippen molar-refractivity contribution < 1.29 is 4.79 Å². The summed E-state index contributed by atoms with van der Waals surface area (Å²) in [5.41, 5.74) is 3.92. The molecule has 0 bridgehead atoms. The smallest absolute Gasteiger partial charge is 0.272 e. The van der Waals surface area contributed by atoms with Crippen LogP contribution in [-0.4, -0.2) is 35.4 Å². The molecule has 3 rings (SSSR count). The van der Waals surface area contributed by atoms with Crippen LogP contribution in [0.5, 0.6) is 0 Å². The number of nitrogens with zero attached hydrogens (tertiary/aromatic N) is 3. The molecule has 1 aliphatic heterocycles. The zero-order valence-electron chi connectivity index (χ0n) is 14.5. The van der Waals surface area contributed by atoms with Gasteiger partial charge in [0.15, 0.2) is 0 Å². The molecule has 2 aromatic rings. The van der Waals surface area contributed by atoms with Gasteiger partial charge in [-0.05, 0) is 62.9 Å². The summed E-state index contributed by atoms with van der Waals surface area (Å²) < 4.78 is 0. The van der Waals surface area contributed by atoms with Gasteiger partial charge in [0.05, 0.1) is 0 Å². The van der Waals surface area contributed by atoms with Crippen LogP contribution in [0.25, 0.3) is 0 Å². The number of carbonyl (C=O) groups is 1. The summed E-state index contributed by atoms with van der Waals surface area (Å²) in [6.07, 6.45) is 5.14. The minimum atomic E-state index is 0.0526. The van der Waals surface area contributed by atoms with Crippen molar-refractivity contribution in [3.63, 3.8) is 0 Å². The van der Waals surface area contributed by atoms with Crippen molar-refractivity contribution in [1.82, 2.24) is 9.88 Å². The highest BCUT2D eigenvalue weighted by molar-refractivity contribution is 5.93. The largest absolute Gasteiger partial charge is 0.342 e. The SMILES string of the molecule is CCN(c1cccc(C)c1)c1ccnc(C(=O)N2CCCCC2)c1. The van der Waals surface area contributed by atoms with Crippen LogP contribution in [0, 0.1) is 6.92 Å². The number of likely N-dealkylation sites (tertiary alicyclic amines) is 1. The van der Waals surface area contributed by atoms with E-state index in [4.69, 9.17) is 0 Å². The summed E-state index contributed by atoms with van der Waals surface area (Å²) in [6.45, 7) is 6.75. The van der Waals surface area contributed by atoms with Gasteiger partial charge in [0.2, 0.25) is 0 Å². The van der Waals surface area contributed by atoms with Gasteiger partial charge in [0.25, 0.3) is 5.91 Å². The van der Waals surface area contributed by atoms with E-state index >= 15 is 0 Å². The molecule has 2 heterocycles. The fourth-order valence-corrected chi connectivity index (χ4v) is 3.27. The van der Waals surface area contributed by atoms with Crippen LogP contribution in [-0.2, 0) is 0 Å². The number of aryl methyl sites for hydroxylation is 1. The van der Waals surface area contributed by atoms with Gasteiger partial charge in [0.1, 0.15) is 5.69 Å². The first-order chi connectivity index (χ1) is 11.7. The quantitative estimate of drug-likeness (QED) is 0.847. The van der Waals surface area contributed by atoms with Gasteiger partial charge in [-0.15, -0.1) is 0 Å². The maximum absolute atomic E-state index is 12.7. The third kappa shape index (κ3) is 3.58. The van der Waals surface area contributed by atoms with Crippen LogP contribution >= 0.6 is 0 Å². The molecule has 1 aromatic carbocycles. The molecule has 1 amide bonds. The molecule has 1 aromatic heterocycles. The molecule has 1 saturated heterocycles. The Hall–Kier alpha value is -2.36. The number of rotatable bonds is 4. The summed E-state index contributed by atoms with van der Waals surface area (Å²) in [5, 5.41) is 0. The summed E-state index contributed by atoms with van der Waals surface area (Å²) >= 11 is 0. The van der Waals surface area contributed by atoms with E-state index in [0.29, 0.717) is 5.69 Å². The Bertz CT molecular complexity index is 708. The number of benzene rings is 1. The standard InChI is InChI=1S/C20H25N3O/c1-3-23(17-9-7-8-16(2)14-17)18-10-11-21-19(15-18)20(24)22-12-5-4-6-13-22/h7-11,14-15H,3-6,12-13H2,1-2H3. The molecule has 0 N–H and O–H groups in total. The van der Waals surface area contributed by atoms with Crippen molar-refractivity contribution in [1.29, 1.82) is 0 Å². The van der Waals surface area contributed by atoms with Gasteiger partial charge in [0, 0.05) is 37.2 Å². The third-order valence-corrected chi connectivity index (χ3v) is 4.55. The second-order valence-electron chi connectivity index (χ2n) is 6.34. The summed E-state index contributed by atoms with van der Waals surface area (Å²) in [6, 6.07) is 12.3. The van der Waals surface area contributed by atoms with E-state index in [9.17, 15) is 4.79 Å². The van der Waals surface area contributed by atoms with Crippen LogP contribution in [0.3, 0.4) is 0 Å². The average Bonchev–Trinajstić information content (AvgIpc) is 2.63. The molecule has 0 atom stereocenters. The molecule has 0 saturated carbocycles. The molecular weight excluding hydrogens is 298 g/mol. The van der Waals surface area contributed by atoms with Crippen molar-refractivity contribution in [2.75, 3.05) is 24.5 Å². The number of anilines is 2. The Morgan fingerprint density at radius 1 is 1.12 bits per heavy atom. The molecule has 0 radical (unpaired) electrons. The number of piperidine rings is 1. The number of pyridine rings is 1. The highest BCUT2D eigenvalue weighted by Crippen LogP contribution is 2.26. The second-order valence-corrected chi connectivity index (χ2v) is 6.34. The molecule has 0 unspecified atom stereocenters. The molecule has 1 fully saturated rings. The monoisotopic (exact) mass is 323 g/mol. The lowest BCUT2D eigenvalue weighted by atomic mass is 10.1. The lowest BCUT2D eigenvalue weighted by molar-refractivity contribution is 0.0718. The summed E-state index contributed by atoms with van der Waals surface area (Å²) in [7, 11) is 0. The first kappa shape index (κ1) is 16.5. The van der Waals surface area contributed by atoms with E-state index in [1.54, 1.807) is 6.20 Å². The molecule has 4 heteroatoms. The number of hydrogen-bond donors (Lipinski definition) is 0. The van der Waals surface area contributed by atoms with Gasteiger partial charge in [-0.2, -0.15) is 0 Å². The molecule has 126 valence electrons. The first-order valence-electron chi connectivity index (χ1n) is 8.78. The number of carbonyl (C=O) groups excluding carboxylic acids is 1. The van der Waals surface area contributed by atoms with Crippen LogP contribution < -0.4 is 4.90 Å². The Morgan fingerprint density at radius 3 is 2.58 bits per heavy atom. The lowest BCUT2D eigenvalue weighted by Crippen LogP contribution is -2.36. The van der Waals surface area contributed by atoms with E-state index < -0.39 is 0 Å². The first-order valence-corrected chi connectivity index (χ1v) is 8.78. The Kier molecular flexibility index (Phi) is 5.14. The fraction of sp³-hybridized carbons (Fsp3) is 0.400. The molecule has 0 aliphatic carbocycles. The number of hydrogen-bond acceptors (Lipinski definition) is 3. The molecule has 1 aliphatic rings. The normalized spacial score (nSPS) is 14.5. The van der Waals surface area contributed by atoms with Crippen molar-refractivity contribution in [3.8, 4) is 0 Å². The van der Waals surface area contributed by atoms with Crippen molar-refractivity contribution in [3.05, 3.63) is 53.9 Å². The highest BCUT2D eigenvalue weighted by Gasteiger charge is 2.20. The van der Waals surface area contributed by atoms with Gasteiger partial charge in [-0.1, -0.05) is 12.1 Å². The third-order valence-electron chi connectivity index (χ3n) is 4.55. The van der Waals surface area contributed by atoms with Crippen molar-refractivity contribution in [2.24, 2.45) is 0 Å².